The van der Waals surface area contributed by atoms with E-state index in [9.17, 15) is 9.59 Å². The Labute approximate surface area is 201 Å². The van der Waals surface area contributed by atoms with Gasteiger partial charge in [0.25, 0.3) is 11.5 Å². The lowest BCUT2D eigenvalue weighted by molar-refractivity contribution is -0.122. The summed E-state index contributed by atoms with van der Waals surface area (Å²) in [6, 6.07) is 9.07. The highest BCUT2D eigenvalue weighted by Gasteiger charge is 2.34. The number of nitrogens with zero attached hydrogens (tertiary/aromatic N) is 4. The molecular formula is C24H24N4O3S2. The average Bonchev–Trinajstić information content (AvgIpc) is 3.39. The van der Waals surface area contributed by atoms with E-state index >= 15 is 0 Å². The standard InChI is InChI=1S/C24H24N4O3S2/c1-15-10-16(2)13-26(12-15)21-18(22(29)27-8-4-3-7-20(27)25-21)11-19-23(30)28(24(32)33-19)14-17-6-5-9-31-17/h3-9,11,15-16H,10,12-14H2,1-2H3/b19-11-. The van der Waals surface area contributed by atoms with Crippen LogP contribution in [0.5, 0.6) is 0 Å². The summed E-state index contributed by atoms with van der Waals surface area (Å²) in [6.45, 7) is 6.34. The lowest BCUT2D eigenvalue weighted by atomic mass is 9.91. The molecule has 0 bridgehead atoms. The van der Waals surface area contributed by atoms with Crippen molar-refractivity contribution in [2.45, 2.75) is 26.8 Å². The molecule has 5 rings (SSSR count). The molecule has 9 heteroatoms. The van der Waals surface area contributed by atoms with Crippen molar-refractivity contribution >= 4 is 51.7 Å². The number of furan rings is 1. The normalized spacial score (nSPS) is 22.7. The lowest BCUT2D eigenvalue weighted by Gasteiger charge is -2.36. The highest BCUT2D eigenvalue weighted by atomic mass is 32.2. The Balaban J connectivity index is 1.59. The Bertz CT molecular complexity index is 1300. The molecule has 0 aliphatic carbocycles. The number of hydrogen-bond acceptors (Lipinski definition) is 7. The van der Waals surface area contributed by atoms with Gasteiger partial charge in [-0.25, -0.2) is 4.98 Å². The van der Waals surface area contributed by atoms with E-state index in [-0.39, 0.29) is 18.0 Å². The maximum absolute atomic E-state index is 13.5. The molecule has 170 valence electrons. The summed E-state index contributed by atoms with van der Waals surface area (Å²) in [5.74, 6) is 2.02. The Morgan fingerprint density at radius 1 is 1.18 bits per heavy atom. The molecule has 0 N–H and O–H groups in total. The maximum Gasteiger partial charge on any atom is 0.267 e. The van der Waals surface area contributed by atoms with Crippen molar-refractivity contribution in [3.63, 3.8) is 0 Å². The van der Waals surface area contributed by atoms with Crippen LogP contribution in [0.15, 0.2) is 56.9 Å². The summed E-state index contributed by atoms with van der Waals surface area (Å²) < 4.78 is 7.35. The van der Waals surface area contributed by atoms with Gasteiger partial charge in [-0.1, -0.05) is 43.9 Å². The molecule has 2 saturated heterocycles. The van der Waals surface area contributed by atoms with Crippen molar-refractivity contribution < 1.29 is 9.21 Å². The number of anilines is 1. The Morgan fingerprint density at radius 2 is 1.97 bits per heavy atom. The molecule has 7 nitrogen and oxygen atoms in total. The zero-order valence-electron chi connectivity index (χ0n) is 18.4. The van der Waals surface area contributed by atoms with Gasteiger partial charge in [0.05, 0.1) is 23.3 Å². The third kappa shape index (κ3) is 4.22. The highest BCUT2D eigenvalue weighted by molar-refractivity contribution is 8.26. The molecule has 1 amide bonds. The molecule has 3 aromatic heterocycles. The van der Waals surface area contributed by atoms with Crippen molar-refractivity contribution in [1.82, 2.24) is 14.3 Å². The van der Waals surface area contributed by atoms with Gasteiger partial charge in [0.15, 0.2) is 0 Å². The summed E-state index contributed by atoms with van der Waals surface area (Å²) in [5, 5.41) is 0. The number of fused-ring (bicyclic) bond motifs is 1. The third-order valence-electron chi connectivity index (χ3n) is 5.96. The first-order chi connectivity index (χ1) is 15.9. The molecule has 0 spiro atoms. The molecule has 0 radical (unpaired) electrons. The van der Waals surface area contributed by atoms with Crippen LogP contribution >= 0.6 is 24.0 Å². The molecule has 2 unspecified atom stereocenters. The topological polar surface area (TPSA) is 71.1 Å². The minimum atomic E-state index is -0.231. The predicted molar refractivity (Wildman–Crippen MR) is 134 cm³/mol. The molecule has 2 aliphatic heterocycles. The number of rotatable bonds is 4. The Kier molecular flexibility index (Phi) is 5.84. The number of aromatic nitrogens is 2. The molecule has 33 heavy (non-hydrogen) atoms. The van der Waals surface area contributed by atoms with E-state index in [1.54, 1.807) is 36.7 Å². The molecular weight excluding hydrogens is 456 g/mol. The molecule has 2 fully saturated rings. The van der Waals surface area contributed by atoms with Crippen LogP contribution in [0.4, 0.5) is 5.82 Å². The number of pyridine rings is 1. The van der Waals surface area contributed by atoms with Crippen LogP contribution in [0.3, 0.4) is 0 Å². The summed E-state index contributed by atoms with van der Waals surface area (Å²) in [5.41, 5.74) is 0.808. The second-order valence-corrected chi connectivity index (χ2v) is 10.5. The fraction of sp³-hybridized carbons (Fsp3) is 0.333. The van der Waals surface area contributed by atoms with Crippen LogP contribution in [0.1, 0.15) is 31.6 Å². The van der Waals surface area contributed by atoms with E-state index in [1.807, 2.05) is 12.1 Å². The zero-order chi connectivity index (χ0) is 23.1. The summed E-state index contributed by atoms with van der Waals surface area (Å²) in [4.78, 5) is 35.7. The number of hydrogen-bond donors (Lipinski definition) is 0. The highest BCUT2D eigenvalue weighted by Crippen LogP contribution is 2.35. The molecule has 2 atom stereocenters. The summed E-state index contributed by atoms with van der Waals surface area (Å²) in [7, 11) is 0. The van der Waals surface area contributed by atoms with Crippen molar-refractivity contribution in [2.24, 2.45) is 11.8 Å². The third-order valence-corrected chi connectivity index (χ3v) is 7.34. The van der Waals surface area contributed by atoms with Crippen molar-refractivity contribution in [3.8, 4) is 0 Å². The van der Waals surface area contributed by atoms with E-state index in [0.29, 0.717) is 43.9 Å². The van der Waals surface area contributed by atoms with Gasteiger partial charge >= 0.3 is 0 Å². The van der Waals surface area contributed by atoms with E-state index in [4.69, 9.17) is 21.6 Å². The van der Waals surface area contributed by atoms with Crippen LogP contribution in [-0.2, 0) is 11.3 Å². The van der Waals surface area contributed by atoms with E-state index in [1.165, 1.54) is 21.1 Å². The molecule has 0 saturated carbocycles. The van der Waals surface area contributed by atoms with Crippen LogP contribution in [-0.4, -0.2) is 37.6 Å². The number of thiocarbonyl (C=S) groups is 1. The van der Waals surface area contributed by atoms with Crippen LogP contribution in [0, 0.1) is 11.8 Å². The van der Waals surface area contributed by atoms with Gasteiger partial charge in [0.2, 0.25) is 0 Å². The van der Waals surface area contributed by atoms with Crippen LogP contribution in [0.2, 0.25) is 0 Å². The molecule has 3 aromatic rings. The number of piperidine rings is 1. The second kappa shape index (κ2) is 8.79. The van der Waals surface area contributed by atoms with Gasteiger partial charge < -0.3 is 9.32 Å². The first-order valence-corrected chi connectivity index (χ1v) is 12.2. The molecule has 2 aliphatic rings. The van der Waals surface area contributed by atoms with Crippen molar-refractivity contribution in [3.05, 3.63) is 69.4 Å². The monoisotopic (exact) mass is 480 g/mol. The maximum atomic E-state index is 13.5. The largest absolute Gasteiger partial charge is 0.467 e. The number of carbonyl (C=O) groups is 1. The van der Waals surface area contributed by atoms with Crippen LogP contribution < -0.4 is 10.5 Å². The van der Waals surface area contributed by atoms with E-state index in [2.05, 4.69) is 18.7 Å². The molecule has 5 heterocycles. The quantitative estimate of drug-likeness (QED) is 0.410. The first kappa shape index (κ1) is 21.9. The van der Waals surface area contributed by atoms with Gasteiger partial charge in [-0.3, -0.25) is 18.9 Å². The second-order valence-electron chi connectivity index (χ2n) is 8.78. The summed E-state index contributed by atoms with van der Waals surface area (Å²) in [6.07, 6.45) is 6.08. The van der Waals surface area contributed by atoms with Gasteiger partial charge in [0.1, 0.15) is 21.5 Å². The Morgan fingerprint density at radius 3 is 2.70 bits per heavy atom. The number of amides is 1. The average molecular weight is 481 g/mol. The van der Waals surface area contributed by atoms with Gasteiger partial charge in [-0.2, -0.15) is 0 Å². The molecule has 0 aromatic carbocycles. The Hall–Kier alpha value is -2.91. The smallest absolute Gasteiger partial charge is 0.267 e. The summed E-state index contributed by atoms with van der Waals surface area (Å²) >= 11 is 6.66. The van der Waals surface area contributed by atoms with Crippen LogP contribution in [0.25, 0.3) is 11.7 Å². The first-order valence-electron chi connectivity index (χ1n) is 10.9. The van der Waals surface area contributed by atoms with E-state index in [0.717, 1.165) is 19.5 Å². The minimum absolute atomic E-state index is 0.196. The minimum Gasteiger partial charge on any atom is -0.467 e. The van der Waals surface area contributed by atoms with Gasteiger partial charge in [-0.15, -0.1) is 0 Å². The lowest BCUT2D eigenvalue weighted by Crippen LogP contribution is -2.40. The van der Waals surface area contributed by atoms with Crippen molar-refractivity contribution in [2.75, 3.05) is 18.0 Å². The van der Waals surface area contributed by atoms with Gasteiger partial charge in [-0.05, 0) is 48.6 Å². The zero-order valence-corrected chi connectivity index (χ0v) is 20.1. The fourth-order valence-electron chi connectivity index (χ4n) is 4.62. The number of thioether (sulfide) groups is 1. The van der Waals surface area contributed by atoms with Crippen molar-refractivity contribution in [1.29, 1.82) is 0 Å². The van der Waals surface area contributed by atoms with Gasteiger partial charge in [0, 0.05) is 19.3 Å². The predicted octanol–water partition coefficient (Wildman–Crippen LogP) is 4.17. The number of carbonyl (C=O) groups excluding carboxylic acids is 1. The SMILES string of the molecule is CC1CC(C)CN(c2nc3ccccn3c(=O)c2/C=C2\SC(=S)N(Cc3ccco3)C2=O)C1. The van der Waals surface area contributed by atoms with E-state index < -0.39 is 0 Å². The fourth-order valence-corrected chi connectivity index (χ4v) is 5.86.